The minimum atomic E-state index is -0.366. The van der Waals surface area contributed by atoms with Gasteiger partial charge < -0.3 is 20.1 Å². The van der Waals surface area contributed by atoms with E-state index in [1.54, 1.807) is 48.5 Å². The highest BCUT2D eigenvalue weighted by Gasteiger charge is 2.10. The van der Waals surface area contributed by atoms with E-state index in [2.05, 4.69) is 16.0 Å². The van der Waals surface area contributed by atoms with E-state index >= 15 is 0 Å². The molecule has 0 fully saturated rings. The summed E-state index contributed by atoms with van der Waals surface area (Å²) >= 11 is 5.28. The van der Waals surface area contributed by atoms with Gasteiger partial charge in [0.15, 0.2) is 5.11 Å². The molecule has 0 atom stereocenters. The number of para-hydroxylation sites is 2. The zero-order valence-corrected chi connectivity index (χ0v) is 20.7. The van der Waals surface area contributed by atoms with E-state index in [9.17, 15) is 9.59 Å². The SMILES string of the molecule is O=C(NC(=S)Nc1cccc(C(=O)Nc2ccccc2)c1)c1ccc(OCCOc2ccccc2)cc1. The molecule has 4 rings (SSSR count). The molecule has 0 unspecified atom stereocenters. The number of anilines is 2. The van der Waals surface area contributed by atoms with Gasteiger partial charge in [-0.2, -0.15) is 0 Å². The Bertz CT molecular complexity index is 1350. The summed E-state index contributed by atoms with van der Waals surface area (Å²) in [6.07, 6.45) is 0. The highest BCUT2D eigenvalue weighted by molar-refractivity contribution is 7.80. The van der Waals surface area contributed by atoms with Crippen LogP contribution in [0.5, 0.6) is 11.5 Å². The first-order valence-corrected chi connectivity index (χ1v) is 12.0. The van der Waals surface area contributed by atoms with Crippen molar-refractivity contribution in [2.75, 3.05) is 23.8 Å². The van der Waals surface area contributed by atoms with E-state index in [4.69, 9.17) is 21.7 Å². The molecule has 8 heteroatoms. The summed E-state index contributed by atoms with van der Waals surface area (Å²) in [6, 6.07) is 32.3. The van der Waals surface area contributed by atoms with Crippen molar-refractivity contribution in [3.05, 3.63) is 120 Å². The number of hydrogen-bond acceptors (Lipinski definition) is 5. The maximum absolute atomic E-state index is 12.6. The van der Waals surface area contributed by atoms with E-state index in [-0.39, 0.29) is 16.9 Å². The van der Waals surface area contributed by atoms with Gasteiger partial charge in [-0.15, -0.1) is 0 Å². The van der Waals surface area contributed by atoms with Gasteiger partial charge in [-0.3, -0.25) is 14.9 Å². The molecule has 0 aliphatic carbocycles. The Morgan fingerprint density at radius 2 is 1.19 bits per heavy atom. The van der Waals surface area contributed by atoms with Crippen LogP contribution in [0.15, 0.2) is 109 Å². The number of carbonyl (C=O) groups excluding carboxylic acids is 2. The second kappa shape index (κ2) is 12.9. The average molecular weight is 512 g/mol. The quantitative estimate of drug-likeness (QED) is 0.202. The second-order valence-corrected chi connectivity index (χ2v) is 8.25. The van der Waals surface area contributed by atoms with Gasteiger partial charge in [0.2, 0.25) is 0 Å². The third-order valence-electron chi connectivity index (χ3n) is 5.12. The van der Waals surface area contributed by atoms with Crippen LogP contribution >= 0.6 is 12.2 Å². The van der Waals surface area contributed by atoms with Crippen LogP contribution in [0.4, 0.5) is 11.4 Å². The lowest BCUT2D eigenvalue weighted by Gasteiger charge is -2.12. The lowest BCUT2D eigenvalue weighted by molar-refractivity contribution is 0.0976. The molecule has 37 heavy (non-hydrogen) atoms. The van der Waals surface area contributed by atoms with E-state index in [0.717, 1.165) is 5.75 Å². The first kappa shape index (κ1) is 25.4. The van der Waals surface area contributed by atoms with Crippen molar-refractivity contribution in [1.82, 2.24) is 5.32 Å². The molecular weight excluding hydrogens is 486 g/mol. The Labute approximate surface area is 220 Å². The Balaban J connectivity index is 1.24. The summed E-state index contributed by atoms with van der Waals surface area (Å²) < 4.78 is 11.3. The molecule has 0 saturated heterocycles. The summed E-state index contributed by atoms with van der Waals surface area (Å²) in [6.45, 7) is 0.776. The monoisotopic (exact) mass is 511 g/mol. The number of rotatable bonds is 9. The highest BCUT2D eigenvalue weighted by atomic mass is 32.1. The van der Waals surface area contributed by atoms with Crippen molar-refractivity contribution in [3.8, 4) is 11.5 Å². The summed E-state index contributed by atoms with van der Waals surface area (Å²) in [5, 5.41) is 8.53. The fourth-order valence-corrected chi connectivity index (χ4v) is 3.55. The van der Waals surface area contributed by atoms with Crippen molar-refractivity contribution in [3.63, 3.8) is 0 Å². The van der Waals surface area contributed by atoms with Crippen LogP contribution in [0.3, 0.4) is 0 Å². The maximum atomic E-state index is 12.6. The maximum Gasteiger partial charge on any atom is 0.257 e. The van der Waals surface area contributed by atoms with Crippen LogP contribution in [-0.2, 0) is 0 Å². The van der Waals surface area contributed by atoms with Crippen LogP contribution in [0.1, 0.15) is 20.7 Å². The zero-order valence-electron chi connectivity index (χ0n) is 19.8. The van der Waals surface area contributed by atoms with Crippen molar-refractivity contribution >= 4 is 40.5 Å². The minimum Gasteiger partial charge on any atom is -0.490 e. The Hall–Kier alpha value is -4.69. The number of amides is 2. The molecule has 0 saturated carbocycles. The van der Waals surface area contributed by atoms with Gasteiger partial charge in [0, 0.05) is 22.5 Å². The van der Waals surface area contributed by atoms with E-state index in [1.165, 1.54) is 0 Å². The lowest BCUT2D eigenvalue weighted by atomic mass is 10.2. The molecule has 186 valence electrons. The number of hydrogen-bond donors (Lipinski definition) is 3. The molecule has 0 spiro atoms. The van der Waals surface area contributed by atoms with Crippen LogP contribution in [0, 0.1) is 0 Å². The van der Waals surface area contributed by atoms with Crippen LogP contribution in [0.2, 0.25) is 0 Å². The molecule has 3 N–H and O–H groups in total. The predicted octanol–water partition coefficient (Wildman–Crippen LogP) is 5.52. The van der Waals surface area contributed by atoms with Gasteiger partial charge in [0.25, 0.3) is 11.8 Å². The Morgan fingerprint density at radius 1 is 0.595 bits per heavy atom. The van der Waals surface area contributed by atoms with Crippen molar-refractivity contribution in [2.45, 2.75) is 0 Å². The highest BCUT2D eigenvalue weighted by Crippen LogP contribution is 2.15. The normalized spacial score (nSPS) is 10.2. The Kier molecular flexibility index (Phi) is 8.82. The van der Waals surface area contributed by atoms with Gasteiger partial charge in [-0.25, -0.2) is 0 Å². The first-order valence-electron chi connectivity index (χ1n) is 11.6. The summed E-state index contributed by atoms with van der Waals surface area (Å²) in [5.74, 6) is 0.789. The topological polar surface area (TPSA) is 88.7 Å². The molecule has 0 aliphatic heterocycles. The number of carbonyl (C=O) groups is 2. The molecule has 0 radical (unpaired) electrons. The predicted molar refractivity (Wildman–Crippen MR) is 148 cm³/mol. The Morgan fingerprint density at radius 3 is 1.86 bits per heavy atom. The van der Waals surface area contributed by atoms with Gasteiger partial charge in [-0.05, 0) is 78.9 Å². The minimum absolute atomic E-state index is 0.115. The molecule has 2 amide bonds. The fourth-order valence-electron chi connectivity index (χ4n) is 3.34. The summed E-state index contributed by atoms with van der Waals surface area (Å²) in [5.41, 5.74) is 2.15. The largest absolute Gasteiger partial charge is 0.490 e. The zero-order chi connectivity index (χ0) is 25.9. The molecule has 0 heterocycles. The fraction of sp³-hybridized carbons (Fsp3) is 0.0690. The molecule has 0 aromatic heterocycles. The third kappa shape index (κ3) is 7.91. The molecule has 7 nitrogen and oxygen atoms in total. The molecule has 4 aromatic carbocycles. The van der Waals surface area contributed by atoms with Crippen LogP contribution in [-0.4, -0.2) is 30.1 Å². The first-order chi connectivity index (χ1) is 18.1. The van der Waals surface area contributed by atoms with Gasteiger partial charge in [0.1, 0.15) is 24.7 Å². The van der Waals surface area contributed by atoms with Crippen molar-refractivity contribution in [1.29, 1.82) is 0 Å². The molecule has 0 bridgehead atoms. The van der Waals surface area contributed by atoms with E-state index < -0.39 is 0 Å². The van der Waals surface area contributed by atoms with E-state index in [0.29, 0.717) is 41.5 Å². The summed E-state index contributed by atoms with van der Waals surface area (Å²) in [4.78, 5) is 25.1. The molecule has 0 aliphatic rings. The van der Waals surface area contributed by atoms with E-state index in [1.807, 2.05) is 60.7 Å². The van der Waals surface area contributed by atoms with Crippen LogP contribution in [0.25, 0.3) is 0 Å². The van der Waals surface area contributed by atoms with Gasteiger partial charge >= 0.3 is 0 Å². The van der Waals surface area contributed by atoms with Crippen LogP contribution < -0.4 is 25.4 Å². The number of benzene rings is 4. The summed E-state index contributed by atoms with van der Waals surface area (Å²) in [7, 11) is 0. The molecule has 4 aromatic rings. The average Bonchev–Trinajstić information content (AvgIpc) is 2.92. The molecular formula is C29H25N3O4S. The smallest absolute Gasteiger partial charge is 0.257 e. The van der Waals surface area contributed by atoms with Gasteiger partial charge in [0.05, 0.1) is 0 Å². The number of nitrogens with one attached hydrogen (secondary N) is 3. The third-order valence-corrected chi connectivity index (χ3v) is 5.33. The number of thiocarbonyl (C=S) groups is 1. The standard InChI is InChI=1S/C29H25N3O4S/c33-27(21-14-16-26(17-15-21)36-19-18-35-25-12-5-2-6-13-25)32-29(37)31-24-11-7-8-22(20-24)28(34)30-23-9-3-1-4-10-23/h1-17,20H,18-19H2,(H,30,34)(H2,31,32,33,37). The second-order valence-electron chi connectivity index (χ2n) is 7.84. The van der Waals surface area contributed by atoms with Gasteiger partial charge in [-0.1, -0.05) is 42.5 Å². The lowest BCUT2D eigenvalue weighted by Crippen LogP contribution is -2.34. The van der Waals surface area contributed by atoms with Crippen molar-refractivity contribution < 1.29 is 19.1 Å². The number of ether oxygens (including phenoxy) is 2. The van der Waals surface area contributed by atoms with Crippen molar-refractivity contribution in [2.24, 2.45) is 0 Å².